The molecule has 3 aromatic carbocycles. The molecule has 0 radical (unpaired) electrons. The number of likely N-dealkylation sites (N-methyl/N-ethyl adjacent to an activating group) is 1. The Morgan fingerprint density at radius 3 is 2.54 bits per heavy atom. The summed E-state index contributed by atoms with van der Waals surface area (Å²) < 4.78 is 53.3. The summed E-state index contributed by atoms with van der Waals surface area (Å²) >= 11 is 0. The van der Waals surface area contributed by atoms with Crippen molar-refractivity contribution in [1.29, 1.82) is 0 Å². The quantitative estimate of drug-likeness (QED) is 0.164. The van der Waals surface area contributed by atoms with Gasteiger partial charge in [-0.1, -0.05) is 18.1 Å². The second-order valence-corrected chi connectivity index (χ2v) is 13.5. The first-order valence-electron chi connectivity index (χ1n) is 17.2. The zero-order valence-corrected chi connectivity index (χ0v) is 28.3. The second kappa shape index (κ2) is 13.4. The van der Waals surface area contributed by atoms with Gasteiger partial charge in [-0.2, -0.15) is 9.97 Å². The number of piperazine rings is 1. The van der Waals surface area contributed by atoms with Crippen LogP contribution in [0.3, 0.4) is 0 Å². The Hall–Kier alpha value is -5.74. The third-order valence-electron chi connectivity index (χ3n) is 10.4. The first-order chi connectivity index (χ1) is 25.2. The Morgan fingerprint density at radius 2 is 1.83 bits per heavy atom. The summed E-state index contributed by atoms with van der Waals surface area (Å²) in [6.45, 7) is 1.88. The van der Waals surface area contributed by atoms with Crippen LogP contribution in [0.15, 0.2) is 60.7 Å². The van der Waals surface area contributed by atoms with Gasteiger partial charge >= 0.3 is 6.01 Å². The van der Waals surface area contributed by atoms with Gasteiger partial charge in [0.25, 0.3) is 5.91 Å². The number of carbonyl (C=O) groups excluding carboxylic acids is 1. The van der Waals surface area contributed by atoms with Crippen LogP contribution in [0, 0.1) is 24.0 Å². The molecule has 52 heavy (non-hydrogen) atoms. The fraction of sp³-hybridized carbons (Fsp3) is 0.308. The number of ether oxygens (including phenoxy) is 1. The normalized spacial score (nSPS) is 20.5. The van der Waals surface area contributed by atoms with E-state index >= 15 is 8.78 Å². The number of hydrogen-bond donors (Lipinski definition) is 1. The SMILES string of the molecule is C#Cc1c(F)ccc2cc(O)cc(-c3ccc4c(N5C[C@H]6CC[C@@H](C5)N6C(=O)/C(F)=C/c5ncccn5)nc(OC[C@@H]5CCCN5C)nc4c3F)c12. The maximum Gasteiger partial charge on any atom is 0.319 e. The second-order valence-electron chi connectivity index (χ2n) is 13.5. The molecule has 0 spiro atoms. The average molecular weight is 706 g/mol. The topological polar surface area (TPSA) is 108 Å². The summed E-state index contributed by atoms with van der Waals surface area (Å²) in [6, 6.07) is 9.79. The zero-order chi connectivity index (χ0) is 36.1. The molecule has 10 nitrogen and oxygen atoms in total. The standard InChI is InChI=1S/C39H34F3N7O3/c1-3-27-31(40)12-7-22-16-26(50)17-30(34(22)27)28-10-11-29-36(35(28)42)45-39(52-21-25-6-4-15-47(25)2)46-37(29)48-19-23-8-9-24(20-48)49(23)38(51)32(41)18-33-43-13-5-14-44-33/h1,5,7,10-14,16-18,23-25,50H,4,6,8-9,15,19-21H2,2H3/b32-18-/t23-,24+,25-/m0/s1. The van der Waals surface area contributed by atoms with Crippen molar-refractivity contribution in [3.05, 3.63) is 83.7 Å². The molecule has 5 heterocycles. The highest BCUT2D eigenvalue weighted by Gasteiger charge is 2.44. The molecule has 5 aromatic rings. The molecule has 264 valence electrons. The first kappa shape index (κ1) is 33.4. The fourth-order valence-corrected chi connectivity index (χ4v) is 7.87. The van der Waals surface area contributed by atoms with Crippen molar-refractivity contribution in [2.75, 3.05) is 38.2 Å². The van der Waals surface area contributed by atoms with E-state index in [4.69, 9.17) is 16.1 Å². The predicted octanol–water partition coefficient (Wildman–Crippen LogP) is 5.87. The van der Waals surface area contributed by atoms with Crippen LogP contribution in [0.25, 0.3) is 38.9 Å². The number of phenolic OH excluding ortho intramolecular Hbond substituents is 1. The third-order valence-corrected chi connectivity index (χ3v) is 10.4. The van der Waals surface area contributed by atoms with Gasteiger partial charge in [0.05, 0.1) is 17.6 Å². The van der Waals surface area contributed by atoms with Crippen LogP contribution in [0.2, 0.25) is 0 Å². The number of halogens is 3. The number of likely N-dealkylation sites (tertiary alicyclic amines) is 1. The highest BCUT2D eigenvalue weighted by molar-refractivity contribution is 6.04. The number of nitrogens with zero attached hydrogens (tertiary/aromatic N) is 7. The van der Waals surface area contributed by atoms with Crippen LogP contribution in [-0.2, 0) is 4.79 Å². The molecule has 0 saturated carbocycles. The lowest BCUT2D eigenvalue weighted by molar-refractivity contribution is -0.131. The van der Waals surface area contributed by atoms with Crippen LogP contribution in [0.5, 0.6) is 11.8 Å². The van der Waals surface area contributed by atoms with Gasteiger partial charge in [0, 0.05) is 53.9 Å². The molecule has 3 atom stereocenters. The molecule has 2 bridgehead atoms. The monoisotopic (exact) mass is 705 g/mol. The smallest absolute Gasteiger partial charge is 0.319 e. The number of fused-ring (bicyclic) bond motifs is 4. The number of aromatic hydroxyl groups is 1. The van der Waals surface area contributed by atoms with Crippen LogP contribution in [-0.4, -0.2) is 92.2 Å². The van der Waals surface area contributed by atoms with E-state index in [0.717, 1.165) is 25.5 Å². The van der Waals surface area contributed by atoms with E-state index in [9.17, 15) is 14.3 Å². The third kappa shape index (κ3) is 5.92. The summed E-state index contributed by atoms with van der Waals surface area (Å²) in [7, 11) is 2.02. The number of terminal acetylenes is 1. The van der Waals surface area contributed by atoms with Crippen LogP contribution < -0.4 is 9.64 Å². The maximum absolute atomic E-state index is 17.0. The number of amides is 1. The van der Waals surface area contributed by atoms with Gasteiger partial charge < -0.3 is 24.5 Å². The van der Waals surface area contributed by atoms with Crippen molar-refractivity contribution in [3.63, 3.8) is 0 Å². The summed E-state index contributed by atoms with van der Waals surface area (Å²) in [5.74, 6) is -0.289. The van der Waals surface area contributed by atoms with Crippen molar-refractivity contribution >= 4 is 39.5 Å². The minimum absolute atomic E-state index is 0.0160. The van der Waals surface area contributed by atoms with Gasteiger partial charge in [-0.25, -0.2) is 23.1 Å². The largest absolute Gasteiger partial charge is 0.508 e. The van der Waals surface area contributed by atoms with Crippen molar-refractivity contribution in [1.82, 2.24) is 29.7 Å². The molecular formula is C39H34F3N7O3. The molecule has 8 rings (SSSR count). The molecule has 0 unspecified atom stereocenters. The minimum Gasteiger partial charge on any atom is -0.508 e. The Bertz CT molecular complexity index is 2280. The molecule has 3 aliphatic heterocycles. The molecule has 1 N–H and O–H groups in total. The molecule has 13 heteroatoms. The average Bonchev–Trinajstić information content (AvgIpc) is 3.68. The van der Waals surface area contributed by atoms with Gasteiger partial charge in [0.15, 0.2) is 17.5 Å². The molecule has 2 aromatic heterocycles. The molecule has 0 aliphatic carbocycles. The summed E-state index contributed by atoms with van der Waals surface area (Å²) in [6.07, 6.45) is 13.0. The lowest BCUT2D eigenvalue weighted by Gasteiger charge is -2.41. The Balaban J connectivity index is 1.19. The van der Waals surface area contributed by atoms with E-state index in [1.54, 1.807) is 17.0 Å². The Morgan fingerprint density at radius 1 is 1.06 bits per heavy atom. The van der Waals surface area contributed by atoms with Crippen molar-refractivity contribution in [3.8, 4) is 35.2 Å². The van der Waals surface area contributed by atoms with Crippen LogP contribution in [0.4, 0.5) is 19.0 Å². The van der Waals surface area contributed by atoms with E-state index in [-0.39, 0.29) is 63.3 Å². The number of aromatic nitrogens is 4. The first-order valence-corrected chi connectivity index (χ1v) is 17.2. The summed E-state index contributed by atoms with van der Waals surface area (Å²) in [4.78, 5) is 36.5. The molecular weight excluding hydrogens is 671 g/mol. The molecule has 1 amide bonds. The molecule has 3 aliphatic rings. The van der Waals surface area contributed by atoms with Crippen LogP contribution >= 0.6 is 0 Å². The van der Waals surface area contributed by atoms with E-state index < -0.39 is 23.4 Å². The molecule has 3 saturated heterocycles. The lowest BCUT2D eigenvalue weighted by atomic mass is 9.93. The number of rotatable bonds is 7. The van der Waals surface area contributed by atoms with Crippen molar-refractivity contribution in [2.45, 2.75) is 43.8 Å². The van der Waals surface area contributed by atoms with Gasteiger partial charge in [0.1, 0.15) is 29.5 Å². The van der Waals surface area contributed by atoms with Gasteiger partial charge in [0.2, 0.25) is 0 Å². The minimum atomic E-state index is -0.946. The van der Waals surface area contributed by atoms with E-state index in [2.05, 4.69) is 25.8 Å². The summed E-state index contributed by atoms with van der Waals surface area (Å²) in [5, 5.41) is 11.7. The number of anilines is 1. The van der Waals surface area contributed by atoms with Crippen LogP contribution in [0.1, 0.15) is 37.1 Å². The maximum atomic E-state index is 17.0. The Kier molecular flexibility index (Phi) is 8.63. The summed E-state index contributed by atoms with van der Waals surface area (Å²) in [5.41, 5.74) is 0.181. The number of phenols is 1. The predicted molar refractivity (Wildman–Crippen MR) is 190 cm³/mol. The zero-order valence-electron chi connectivity index (χ0n) is 28.3. The highest BCUT2D eigenvalue weighted by Crippen LogP contribution is 2.41. The van der Waals surface area contributed by atoms with Gasteiger partial charge in [-0.15, -0.1) is 6.42 Å². The number of benzene rings is 3. The Labute approximate surface area is 297 Å². The van der Waals surface area contributed by atoms with E-state index in [0.29, 0.717) is 49.1 Å². The highest BCUT2D eigenvalue weighted by atomic mass is 19.1. The van der Waals surface area contributed by atoms with Gasteiger partial charge in [-0.05, 0) is 80.6 Å². The van der Waals surface area contributed by atoms with E-state index in [1.807, 2.05) is 11.9 Å². The van der Waals surface area contributed by atoms with E-state index in [1.165, 1.54) is 42.7 Å². The van der Waals surface area contributed by atoms with Gasteiger partial charge in [-0.3, -0.25) is 4.79 Å². The molecule has 3 fully saturated rings. The van der Waals surface area contributed by atoms with Crippen molar-refractivity contribution in [2.24, 2.45) is 0 Å². The van der Waals surface area contributed by atoms with Crippen molar-refractivity contribution < 1.29 is 27.8 Å². The number of carbonyl (C=O) groups is 1. The lowest BCUT2D eigenvalue weighted by Crippen LogP contribution is -2.56. The fourth-order valence-electron chi connectivity index (χ4n) is 7.87. The number of hydrogen-bond acceptors (Lipinski definition) is 9.